The molecule has 1 heterocycles. The van der Waals surface area contributed by atoms with E-state index in [4.69, 9.17) is 14.2 Å². The summed E-state index contributed by atoms with van der Waals surface area (Å²) in [5, 5.41) is 0. The van der Waals surface area contributed by atoms with Crippen molar-refractivity contribution in [1.29, 1.82) is 0 Å². The number of aryl methyl sites for hydroxylation is 2. The lowest BCUT2D eigenvalue weighted by molar-refractivity contribution is 0.120. The molecule has 0 radical (unpaired) electrons. The van der Waals surface area contributed by atoms with Crippen LogP contribution in [0, 0.1) is 0 Å². The molecule has 2 aromatic rings. The third-order valence-electron chi connectivity index (χ3n) is 5.00. The van der Waals surface area contributed by atoms with Crippen molar-refractivity contribution in [1.82, 2.24) is 9.80 Å². The summed E-state index contributed by atoms with van der Waals surface area (Å²) in [7, 11) is 5.37. The molecule has 0 aliphatic carbocycles. The highest BCUT2D eigenvalue weighted by molar-refractivity contribution is 5.70. The van der Waals surface area contributed by atoms with E-state index in [0.717, 1.165) is 43.0 Å². The molecule has 28 heavy (non-hydrogen) atoms. The third-order valence-corrected chi connectivity index (χ3v) is 5.00. The van der Waals surface area contributed by atoms with Crippen LogP contribution in [0.3, 0.4) is 0 Å². The second-order valence-corrected chi connectivity index (χ2v) is 7.02. The lowest BCUT2D eigenvalue weighted by Crippen LogP contribution is -2.48. The van der Waals surface area contributed by atoms with Gasteiger partial charge >= 0.3 is 6.09 Å². The van der Waals surface area contributed by atoms with Gasteiger partial charge in [0, 0.05) is 32.2 Å². The fraction of sp³-hybridized carbons (Fsp3) is 0.409. The molecule has 1 amide bonds. The van der Waals surface area contributed by atoms with Crippen molar-refractivity contribution in [2.45, 2.75) is 12.8 Å². The predicted molar refractivity (Wildman–Crippen MR) is 108 cm³/mol. The third kappa shape index (κ3) is 5.39. The van der Waals surface area contributed by atoms with Gasteiger partial charge in [-0.3, -0.25) is 0 Å². The van der Waals surface area contributed by atoms with Gasteiger partial charge in [-0.05, 0) is 55.3 Å². The number of hydrogen-bond donors (Lipinski definition) is 0. The van der Waals surface area contributed by atoms with Gasteiger partial charge in [-0.25, -0.2) is 4.79 Å². The molecule has 1 aliphatic heterocycles. The maximum absolute atomic E-state index is 12.3. The van der Waals surface area contributed by atoms with Gasteiger partial charge in [0.2, 0.25) is 0 Å². The van der Waals surface area contributed by atoms with E-state index >= 15 is 0 Å². The monoisotopic (exact) mass is 384 g/mol. The van der Waals surface area contributed by atoms with Crippen LogP contribution in [-0.2, 0) is 12.8 Å². The first-order valence-electron chi connectivity index (χ1n) is 9.53. The molecule has 2 aromatic carbocycles. The molecule has 150 valence electrons. The van der Waals surface area contributed by atoms with Crippen molar-refractivity contribution in [3.63, 3.8) is 0 Å². The molecule has 0 saturated carbocycles. The number of carbonyl (C=O) groups is 1. The molecule has 0 aromatic heterocycles. The van der Waals surface area contributed by atoms with Gasteiger partial charge in [0.05, 0.1) is 14.2 Å². The van der Waals surface area contributed by atoms with Crippen molar-refractivity contribution in [2.24, 2.45) is 0 Å². The maximum Gasteiger partial charge on any atom is 0.415 e. The number of ether oxygens (including phenoxy) is 3. The van der Waals surface area contributed by atoms with Crippen LogP contribution >= 0.6 is 0 Å². The highest BCUT2D eigenvalue weighted by Gasteiger charge is 2.20. The van der Waals surface area contributed by atoms with Gasteiger partial charge in [-0.15, -0.1) is 0 Å². The van der Waals surface area contributed by atoms with Crippen molar-refractivity contribution in [3.05, 3.63) is 53.6 Å². The minimum Gasteiger partial charge on any atom is -0.497 e. The molecule has 1 aliphatic rings. The van der Waals surface area contributed by atoms with Crippen LogP contribution in [0.15, 0.2) is 42.5 Å². The largest absolute Gasteiger partial charge is 0.497 e. The highest BCUT2D eigenvalue weighted by Crippen LogP contribution is 2.24. The van der Waals surface area contributed by atoms with Gasteiger partial charge in [-0.2, -0.15) is 0 Å². The fourth-order valence-corrected chi connectivity index (χ4v) is 3.18. The van der Waals surface area contributed by atoms with E-state index in [1.54, 1.807) is 19.1 Å². The zero-order valence-corrected chi connectivity index (χ0v) is 16.8. The van der Waals surface area contributed by atoms with Crippen molar-refractivity contribution in [2.75, 3.05) is 47.4 Å². The molecular formula is C22H28N2O4. The van der Waals surface area contributed by atoms with Gasteiger partial charge in [0.25, 0.3) is 0 Å². The number of nitrogens with zero attached hydrogens (tertiary/aromatic N) is 2. The summed E-state index contributed by atoms with van der Waals surface area (Å²) in [5.41, 5.74) is 2.34. The Kier molecular flexibility index (Phi) is 6.76. The van der Waals surface area contributed by atoms with E-state index in [0.29, 0.717) is 18.8 Å². The van der Waals surface area contributed by atoms with Gasteiger partial charge < -0.3 is 24.0 Å². The van der Waals surface area contributed by atoms with Gasteiger partial charge in [0.15, 0.2) is 0 Å². The van der Waals surface area contributed by atoms with E-state index in [9.17, 15) is 4.79 Å². The second kappa shape index (κ2) is 9.46. The smallest absolute Gasteiger partial charge is 0.415 e. The lowest BCUT2D eigenvalue weighted by atomic mass is 10.0. The first-order chi connectivity index (χ1) is 13.6. The highest BCUT2D eigenvalue weighted by atomic mass is 16.6. The number of hydrogen-bond acceptors (Lipinski definition) is 5. The van der Waals surface area contributed by atoms with E-state index in [2.05, 4.69) is 11.9 Å². The molecule has 6 nitrogen and oxygen atoms in total. The zero-order valence-electron chi connectivity index (χ0n) is 16.8. The van der Waals surface area contributed by atoms with E-state index in [-0.39, 0.29) is 6.09 Å². The molecule has 0 spiro atoms. The number of amides is 1. The number of piperazine rings is 1. The molecule has 1 saturated heterocycles. The summed E-state index contributed by atoms with van der Waals surface area (Å²) in [6.07, 6.45) is 1.47. The Hall–Kier alpha value is -2.73. The standard InChI is InChI=1S/C22H28N2O4/c1-23-10-12-24(13-11-23)22(25)28-19-8-6-17(7-9-19)4-5-18-14-20(26-2)16-21(15-18)27-3/h6-9,14-16H,4-5,10-13H2,1-3H3. The first-order valence-corrected chi connectivity index (χ1v) is 9.53. The van der Waals surface area contributed by atoms with Crippen LogP contribution in [-0.4, -0.2) is 63.3 Å². The quantitative estimate of drug-likeness (QED) is 0.765. The maximum atomic E-state index is 12.3. The van der Waals surface area contributed by atoms with Crippen molar-refractivity contribution in [3.8, 4) is 17.2 Å². The van der Waals surface area contributed by atoms with Crippen LogP contribution in [0.4, 0.5) is 4.79 Å². The Morgan fingerprint density at radius 1 is 0.821 bits per heavy atom. The Morgan fingerprint density at radius 3 is 1.96 bits per heavy atom. The number of methoxy groups -OCH3 is 2. The van der Waals surface area contributed by atoms with E-state index < -0.39 is 0 Å². The average molecular weight is 384 g/mol. The molecule has 6 heteroatoms. The minimum atomic E-state index is -0.274. The van der Waals surface area contributed by atoms with Crippen LogP contribution in [0.25, 0.3) is 0 Å². The first kappa shape index (κ1) is 20.0. The molecular weight excluding hydrogens is 356 g/mol. The number of likely N-dealkylation sites (N-methyl/N-ethyl adjacent to an activating group) is 1. The van der Waals surface area contributed by atoms with Crippen molar-refractivity contribution < 1.29 is 19.0 Å². The second-order valence-electron chi connectivity index (χ2n) is 7.02. The molecule has 1 fully saturated rings. The average Bonchev–Trinajstić information content (AvgIpc) is 2.73. The summed E-state index contributed by atoms with van der Waals surface area (Å²) in [6.45, 7) is 3.17. The van der Waals surface area contributed by atoms with Crippen LogP contribution in [0.2, 0.25) is 0 Å². The Balaban J connectivity index is 1.54. The fourth-order valence-electron chi connectivity index (χ4n) is 3.18. The topological polar surface area (TPSA) is 51.2 Å². The lowest BCUT2D eigenvalue weighted by Gasteiger charge is -2.31. The summed E-state index contributed by atoms with van der Waals surface area (Å²) in [4.78, 5) is 16.2. The van der Waals surface area contributed by atoms with E-state index in [1.165, 1.54) is 5.56 Å². The molecule has 0 atom stereocenters. The van der Waals surface area contributed by atoms with E-state index in [1.807, 2.05) is 42.5 Å². The molecule has 3 rings (SSSR count). The van der Waals surface area contributed by atoms with Gasteiger partial charge in [0.1, 0.15) is 17.2 Å². The number of rotatable bonds is 6. The van der Waals surface area contributed by atoms with Crippen LogP contribution in [0.5, 0.6) is 17.2 Å². The number of benzene rings is 2. The molecule has 0 bridgehead atoms. The molecule has 0 unspecified atom stereocenters. The van der Waals surface area contributed by atoms with Crippen LogP contribution in [0.1, 0.15) is 11.1 Å². The summed E-state index contributed by atoms with van der Waals surface area (Å²) in [5.74, 6) is 2.16. The van der Waals surface area contributed by atoms with Crippen molar-refractivity contribution >= 4 is 6.09 Å². The van der Waals surface area contributed by atoms with Gasteiger partial charge in [-0.1, -0.05) is 12.1 Å². The Labute approximate surface area is 166 Å². The summed E-state index contributed by atoms with van der Waals surface area (Å²) < 4.78 is 16.1. The predicted octanol–water partition coefficient (Wildman–Crippen LogP) is 3.24. The summed E-state index contributed by atoms with van der Waals surface area (Å²) >= 11 is 0. The Bertz CT molecular complexity index is 761. The Morgan fingerprint density at radius 2 is 1.39 bits per heavy atom. The number of carbonyl (C=O) groups excluding carboxylic acids is 1. The normalized spacial score (nSPS) is 14.6. The minimum absolute atomic E-state index is 0.274. The molecule has 0 N–H and O–H groups in total. The van der Waals surface area contributed by atoms with Crippen LogP contribution < -0.4 is 14.2 Å². The SMILES string of the molecule is COc1cc(CCc2ccc(OC(=O)N3CCN(C)CC3)cc2)cc(OC)c1. The summed E-state index contributed by atoms with van der Waals surface area (Å²) in [6, 6.07) is 13.6. The zero-order chi connectivity index (χ0) is 19.9.